The van der Waals surface area contributed by atoms with E-state index < -0.39 is 9.21 Å². The summed E-state index contributed by atoms with van der Waals surface area (Å²) in [4.78, 5) is 4.16. The van der Waals surface area contributed by atoms with Crippen molar-refractivity contribution < 1.29 is 4.52 Å². The van der Waals surface area contributed by atoms with Gasteiger partial charge < -0.3 is 4.52 Å². The van der Waals surface area contributed by atoms with Crippen LogP contribution >= 0.6 is 34.8 Å². The molecule has 6 heteroatoms. The quantitative estimate of drug-likeness (QED) is 0.780. The summed E-state index contributed by atoms with van der Waals surface area (Å²) in [5, 5.41) is 3.89. The maximum absolute atomic E-state index is 5.70. The van der Waals surface area contributed by atoms with Gasteiger partial charge in [0.2, 0.25) is 0 Å². The van der Waals surface area contributed by atoms with Crippen LogP contribution in [0.15, 0.2) is 34.9 Å². The summed E-state index contributed by atoms with van der Waals surface area (Å²) in [5.41, 5.74) is 0.639. The molecule has 0 N–H and O–H groups in total. The Labute approximate surface area is 120 Å². The molecule has 0 saturated heterocycles. The van der Waals surface area contributed by atoms with E-state index in [4.69, 9.17) is 39.3 Å². The van der Waals surface area contributed by atoms with E-state index in [0.717, 1.165) is 5.56 Å². The van der Waals surface area contributed by atoms with Gasteiger partial charge in [-0.15, -0.1) is 0 Å². The minimum absolute atomic E-state index is 0.0218. The lowest BCUT2D eigenvalue weighted by Gasteiger charge is -2.20. The zero-order valence-electron chi connectivity index (χ0n) is 9.82. The highest BCUT2D eigenvalue weighted by atomic mass is 35.6. The van der Waals surface area contributed by atoms with Crippen LogP contribution in [0, 0.1) is 0 Å². The maximum atomic E-state index is 5.70. The predicted molar refractivity (Wildman–Crippen MR) is 72.1 cm³/mol. The molecule has 0 aliphatic rings. The smallest absolute Gasteiger partial charge is 0.278 e. The van der Waals surface area contributed by atoms with E-state index in [1.807, 2.05) is 44.2 Å². The first kappa shape index (κ1) is 13.7. The zero-order chi connectivity index (χ0) is 13.4. The number of halogens is 3. The average molecular weight is 306 g/mol. The predicted octanol–water partition coefficient (Wildman–Crippen LogP) is 4.22. The molecular weight excluding hydrogens is 295 g/mol. The number of hydrogen-bond donors (Lipinski definition) is 0. The third-order valence-corrected chi connectivity index (χ3v) is 3.21. The fraction of sp³-hybridized carbons (Fsp3) is 0.333. The number of aromatic nitrogens is 2. The molecule has 18 heavy (non-hydrogen) atoms. The maximum Gasteiger partial charge on any atom is 0.278 e. The van der Waals surface area contributed by atoms with Crippen molar-refractivity contribution in [1.29, 1.82) is 0 Å². The van der Waals surface area contributed by atoms with Crippen LogP contribution < -0.4 is 0 Å². The van der Waals surface area contributed by atoms with Gasteiger partial charge in [0.25, 0.3) is 9.68 Å². The molecule has 0 amide bonds. The molecule has 0 bridgehead atoms. The normalized spacial score (nSPS) is 12.7. The molecule has 0 unspecified atom stereocenters. The van der Waals surface area contributed by atoms with Crippen molar-refractivity contribution in [3.8, 4) is 0 Å². The molecule has 0 atom stereocenters. The van der Waals surface area contributed by atoms with E-state index in [2.05, 4.69) is 10.1 Å². The van der Waals surface area contributed by atoms with E-state index in [-0.39, 0.29) is 5.89 Å². The Balaban J connectivity index is 2.40. The van der Waals surface area contributed by atoms with Crippen molar-refractivity contribution in [1.82, 2.24) is 10.1 Å². The fourth-order valence-electron chi connectivity index (χ4n) is 1.58. The summed E-state index contributed by atoms with van der Waals surface area (Å²) in [6, 6.07) is 9.83. The molecule has 1 aromatic heterocycles. The SMILES string of the molecule is CC(C)(c1ccccc1)c1noc(C(Cl)(Cl)Cl)n1. The Morgan fingerprint density at radius 2 is 1.67 bits per heavy atom. The molecule has 1 heterocycles. The van der Waals surface area contributed by atoms with Crippen molar-refractivity contribution in [3.63, 3.8) is 0 Å². The Bertz CT molecular complexity index is 532. The summed E-state index contributed by atoms with van der Waals surface area (Å²) >= 11 is 17.1. The summed E-state index contributed by atoms with van der Waals surface area (Å²) in [5.74, 6) is 0.460. The fourth-order valence-corrected chi connectivity index (χ4v) is 1.81. The topological polar surface area (TPSA) is 38.9 Å². The monoisotopic (exact) mass is 304 g/mol. The largest absolute Gasteiger partial charge is 0.335 e. The second-order valence-corrected chi connectivity index (χ2v) is 6.69. The Hall–Kier alpha value is -0.770. The van der Waals surface area contributed by atoms with Gasteiger partial charge in [-0.1, -0.05) is 70.3 Å². The molecule has 2 aromatic rings. The van der Waals surface area contributed by atoms with E-state index in [1.54, 1.807) is 0 Å². The van der Waals surface area contributed by atoms with Crippen molar-refractivity contribution in [2.24, 2.45) is 0 Å². The van der Waals surface area contributed by atoms with Crippen LogP contribution in [-0.4, -0.2) is 10.1 Å². The Morgan fingerprint density at radius 3 is 2.17 bits per heavy atom. The average Bonchev–Trinajstić information content (AvgIpc) is 2.79. The van der Waals surface area contributed by atoms with E-state index in [1.165, 1.54) is 0 Å². The zero-order valence-corrected chi connectivity index (χ0v) is 12.1. The van der Waals surface area contributed by atoms with Crippen LogP contribution in [0.25, 0.3) is 0 Å². The second kappa shape index (κ2) is 4.72. The molecule has 0 radical (unpaired) electrons. The lowest BCUT2D eigenvalue weighted by molar-refractivity contribution is 0.369. The van der Waals surface area contributed by atoms with Crippen molar-refractivity contribution in [3.05, 3.63) is 47.6 Å². The number of hydrogen-bond acceptors (Lipinski definition) is 3. The first-order valence-electron chi connectivity index (χ1n) is 5.29. The van der Waals surface area contributed by atoms with Gasteiger partial charge in [0, 0.05) is 0 Å². The third-order valence-electron chi connectivity index (χ3n) is 2.72. The first-order valence-corrected chi connectivity index (χ1v) is 6.42. The van der Waals surface area contributed by atoms with E-state index >= 15 is 0 Å². The summed E-state index contributed by atoms with van der Waals surface area (Å²) in [7, 11) is 0. The van der Waals surface area contributed by atoms with Crippen LogP contribution in [0.4, 0.5) is 0 Å². The van der Waals surface area contributed by atoms with Crippen LogP contribution in [0.5, 0.6) is 0 Å². The minimum atomic E-state index is -1.70. The number of rotatable bonds is 2. The van der Waals surface area contributed by atoms with Crippen LogP contribution in [0.1, 0.15) is 31.1 Å². The van der Waals surface area contributed by atoms with Gasteiger partial charge in [-0.2, -0.15) is 4.98 Å². The molecule has 96 valence electrons. The molecule has 0 saturated carbocycles. The molecule has 0 spiro atoms. The summed E-state index contributed by atoms with van der Waals surface area (Å²) < 4.78 is 3.28. The molecular formula is C12H11Cl3N2O. The first-order chi connectivity index (χ1) is 8.32. The molecule has 0 aliphatic carbocycles. The van der Waals surface area contributed by atoms with Gasteiger partial charge in [-0.05, 0) is 19.4 Å². The summed E-state index contributed by atoms with van der Waals surface area (Å²) in [6.07, 6.45) is 0. The Morgan fingerprint density at radius 1 is 1.06 bits per heavy atom. The summed E-state index contributed by atoms with van der Waals surface area (Å²) in [6.45, 7) is 3.96. The third kappa shape index (κ3) is 2.63. The van der Waals surface area contributed by atoms with Gasteiger partial charge in [-0.3, -0.25) is 0 Å². The number of alkyl halides is 3. The van der Waals surface area contributed by atoms with Gasteiger partial charge in [0.15, 0.2) is 5.82 Å². The molecule has 0 fully saturated rings. The standard InChI is InChI=1S/C12H11Cl3N2O/c1-11(2,8-6-4-3-5-7-8)9-16-10(18-17-9)12(13,14)15/h3-7H,1-2H3. The lowest BCUT2D eigenvalue weighted by Crippen LogP contribution is -2.21. The van der Waals surface area contributed by atoms with Gasteiger partial charge in [0.05, 0.1) is 5.41 Å². The highest BCUT2D eigenvalue weighted by Gasteiger charge is 2.35. The Kier molecular flexibility index (Phi) is 3.58. The lowest BCUT2D eigenvalue weighted by atomic mass is 9.84. The van der Waals surface area contributed by atoms with Crippen molar-refractivity contribution in [2.45, 2.75) is 23.1 Å². The highest BCUT2D eigenvalue weighted by molar-refractivity contribution is 6.66. The van der Waals surface area contributed by atoms with Crippen molar-refractivity contribution in [2.75, 3.05) is 0 Å². The van der Waals surface area contributed by atoms with Gasteiger partial charge in [0.1, 0.15) is 0 Å². The van der Waals surface area contributed by atoms with Gasteiger partial charge >= 0.3 is 0 Å². The molecule has 2 rings (SSSR count). The molecule has 1 aromatic carbocycles. The molecule has 3 nitrogen and oxygen atoms in total. The number of benzene rings is 1. The van der Waals surface area contributed by atoms with E-state index in [9.17, 15) is 0 Å². The molecule has 0 aliphatic heterocycles. The van der Waals surface area contributed by atoms with Crippen molar-refractivity contribution >= 4 is 34.8 Å². The second-order valence-electron chi connectivity index (χ2n) is 4.41. The van der Waals surface area contributed by atoms with Crippen LogP contribution in [0.3, 0.4) is 0 Å². The van der Waals surface area contributed by atoms with Crippen LogP contribution in [-0.2, 0) is 9.21 Å². The van der Waals surface area contributed by atoms with E-state index in [0.29, 0.717) is 5.82 Å². The minimum Gasteiger partial charge on any atom is -0.335 e. The number of nitrogens with zero attached hydrogens (tertiary/aromatic N) is 2. The van der Waals surface area contributed by atoms with Crippen LogP contribution in [0.2, 0.25) is 0 Å². The van der Waals surface area contributed by atoms with Gasteiger partial charge in [-0.25, -0.2) is 0 Å². The highest BCUT2D eigenvalue weighted by Crippen LogP contribution is 2.38.